The normalized spacial score (nSPS) is 3.00. The minimum atomic E-state index is 0. The fraction of sp³-hybridized carbons (Fsp3) is 0. The number of nitrogens with zero attached hydrogens (tertiary/aromatic N) is 2. The molecule has 0 spiro atoms. The Morgan fingerprint density at radius 1 is 1.17 bits per heavy atom. The summed E-state index contributed by atoms with van der Waals surface area (Å²) in [5.74, 6) is 0. The average molecular weight is 131 g/mol. The Morgan fingerprint density at radius 2 is 1.50 bits per heavy atom. The van der Waals surface area contributed by atoms with Crippen LogP contribution in [0, 0.1) is 22.9 Å². The maximum atomic E-state index is 7.48. The molecule has 6 heavy (non-hydrogen) atoms. The first-order valence-corrected chi connectivity index (χ1v) is 0.947. The molecule has 0 amide bonds. The van der Waals surface area contributed by atoms with Crippen LogP contribution in [0.4, 0.5) is 0 Å². The molecule has 0 saturated carbocycles. The molecule has 0 atom stereocenters. The van der Waals surface area contributed by atoms with Gasteiger partial charge in [0.1, 0.15) is 0 Å². The summed E-state index contributed by atoms with van der Waals surface area (Å²) in [6.45, 7) is 0. The minimum Gasteiger partial charge on any atom is -0.229 e. The number of hydrogen-bond donors (Lipinski definition) is 1. The number of nitrogens with one attached hydrogen (secondary N) is 1. The predicted octanol–water partition coefficient (Wildman–Crippen LogP) is -0.464. The van der Waals surface area contributed by atoms with Crippen molar-refractivity contribution in [1.82, 2.24) is 5.32 Å². The van der Waals surface area contributed by atoms with E-state index in [0.717, 1.165) is 0 Å². The van der Waals surface area contributed by atoms with Crippen LogP contribution in [-0.2, 0) is 17.1 Å². The van der Waals surface area contributed by atoms with Crippen LogP contribution in [0.25, 0.3) is 0 Å². The van der Waals surface area contributed by atoms with E-state index in [0.29, 0.717) is 0 Å². The Kier molecular flexibility index (Phi) is 13.3. The van der Waals surface area contributed by atoms with Gasteiger partial charge in [-0.25, -0.2) is 5.32 Å². The second-order valence-electron chi connectivity index (χ2n) is 0.349. The van der Waals surface area contributed by atoms with E-state index < -0.39 is 0 Å². The van der Waals surface area contributed by atoms with Gasteiger partial charge in [-0.2, -0.15) is 10.5 Å². The van der Waals surface area contributed by atoms with E-state index in [-0.39, 0.29) is 17.1 Å². The smallest absolute Gasteiger partial charge is 0.190 e. The molecule has 35 valence electrons. The minimum absolute atomic E-state index is 0. The second-order valence-corrected chi connectivity index (χ2v) is 0.349. The van der Waals surface area contributed by atoms with Crippen molar-refractivity contribution in [2.24, 2.45) is 0 Å². The van der Waals surface area contributed by atoms with Crippen LogP contribution < -0.4 is 5.32 Å². The molecule has 0 saturated heterocycles. The Morgan fingerprint density at radius 3 is 1.50 bits per heavy atom. The number of hydrogen-bond acceptors (Lipinski definition) is 3. The van der Waals surface area contributed by atoms with Crippen molar-refractivity contribution in [3.8, 4) is 12.4 Å². The van der Waals surface area contributed by atoms with E-state index in [9.17, 15) is 0 Å². The van der Waals surface area contributed by atoms with Gasteiger partial charge in [0, 0.05) is 17.1 Å². The molecule has 0 rings (SSSR count). The second kappa shape index (κ2) is 8.85. The van der Waals surface area contributed by atoms with Crippen LogP contribution in [0.1, 0.15) is 0 Å². The number of rotatable bonds is 0. The van der Waals surface area contributed by atoms with Gasteiger partial charge in [-0.3, -0.25) is 0 Å². The molecule has 0 aromatic heterocycles. The average Bonchev–Trinajstić information content (AvgIpc) is 1.41. The van der Waals surface area contributed by atoms with Crippen molar-refractivity contribution in [2.75, 3.05) is 0 Å². The molecule has 4 heteroatoms. The molecular weight excluding hydrogens is 130 g/mol. The van der Waals surface area contributed by atoms with Gasteiger partial charge in [0.15, 0.2) is 12.4 Å². The monoisotopic (exact) mass is 130 g/mol. The Bertz CT molecular complexity index is 73.9. The Balaban J connectivity index is 0. The molecule has 0 aromatic carbocycles. The zero-order valence-corrected chi connectivity index (χ0v) is 3.64. The molecule has 0 bridgehead atoms. The van der Waals surface area contributed by atoms with E-state index in [4.69, 9.17) is 10.5 Å². The summed E-state index contributed by atoms with van der Waals surface area (Å²) in [6, 6.07) is 0. The zero-order valence-electron chi connectivity index (χ0n) is 2.70. The molecule has 0 unspecified atom stereocenters. The molecular formula is C2HCuN3. The van der Waals surface area contributed by atoms with Crippen molar-refractivity contribution in [3.05, 3.63) is 0 Å². The van der Waals surface area contributed by atoms with Crippen LogP contribution in [-0.4, -0.2) is 0 Å². The van der Waals surface area contributed by atoms with Gasteiger partial charge in [-0.1, -0.05) is 0 Å². The third kappa shape index (κ3) is 10.3. The summed E-state index contributed by atoms with van der Waals surface area (Å²) in [6.07, 6.45) is 2.81. The van der Waals surface area contributed by atoms with Crippen molar-refractivity contribution >= 4 is 0 Å². The van der Waals surface area contributed by atoms with Crippen LogP contribution in [0.15, 0.2) is 0 Å². The SMILES string of the molecule is N#CNC#N.[Cu]. The summed E-state index contributed by atoms with van der Waals surface area (Å²) in [7, 11) is 0. The molecule has 0 fully saturated rings. The van der Waals surface area contributed by atoms with E-state index in [1.54, 1.807) is 5.32 Å². The third-order valence-corrected chi connectivity index (χ3v) is 0.112. The van der Waals surface area contributed by atoms with Gasteiger partial charge in [0.2, 0.25) is 0 Å². The molecule has 0 aliphatic rings. The van der Waals surface area contributed by atoms with Crippen LogP contribution in [0.3, 0.4) is 0 Å². The summed E-state index contributed by atoms with van der Waals surface area (Å²) in [5, 5.41) is 16.7. The fourth-order valence-electron chi connectivity index (χ4n) is 0.0250. The van der Waals surface area contributed by atoms with Gasteiger partial charge >= 0.3 is 0 Å². The van der Waals surface area contributed by atoms with E-state index in [1.165, 1.54) is 12.4 Å². The molecule has 1 N–H and O–H groups in total. The first-order chi connectivity index (χ1) is 2.41. The van der Waals surface area contributed by atoms with Crippen molar-refractivity contribution in [3.63, 3.8) is 0 Å². The first kappa shape index (κ1) is 9.00. The van der Waals surface area contributed by atoms with Crippen molar-refractivity contribution in [2.45, 2.75) is 0 Å². The summed E-state index contributed by atoms with van der Waals surface area (Å²) in [4.78, 5) is 0. The van der Waals surface area contributed by atoms with Crippen LogP contribution in [0.2, 0.25) is 0 Å². The van der Waals surface area contributed by atoms with Gasteiger partial charge in [0.05, 0.1) is 0 Å². The van der Waals surface area contributed by atoms with Crippen LogP contribution in [0.5, 0.6) is 0 Å². The molecule has 0 aliphatic carbocycles. The molecule has 1 radical (unpaired) electrons. The fourth-order valence-corrected chi connectivity index (χ4v) is 0.0250. The maximum absolute atomic E-state index is 7.48. The third-order valence-electron chi connectivity index (χ3n) is 0.112. The van der Waals surface area contributed by atoms with Gasteiger partial charge in [-0.15, -0.1) is 0 Å². The van der Waals surface area contributed by atoms with Gasteiger partial charge < -0.3 is 0 Å². The summed E-state index contributed by atoms with van der Waals surface area (Å²) < 4.78 is 0. The van der Waals surface area contributed by atoms with E-state index >= 15 is 0 Å². The van der Waals surface area contributed by atoms with E-state index in [2.05, 4.69) is 0 Å². The number of nitriles is 2. The quantitative estimate of drug-likeness (QED) is 0.274. The van der Waals surface area contributed by atoms with Crippen LogP contribution >= 0.6 is 0 Å². The Hall–Kier alpha value is -0.701. The standard InChI is InChI=1S/C2HN3.Cu/c3-1-5-2-4;/h5H;. The first-order valence-electron chi connectivity index (χ1n) is 0.947. The van der Waals surface area contributed by atoms with Gasteiger partial charge in [-0.05, 0) is 0 Å². The molecule has 3 nitrogen and oxygen atoms in total. The topological polar surface area (TPSA) is 59.6 Å². The predicted molar refractivity (Wildman–Crippen MR) is 14.4 cm³/mol. The van der Waals surface area contributed by atoms with Crippen molar-refractivity contribution in [1.29, 1.82) is 10.5 Å². The molecule has 0 heterocycles. The van der Waals surface area contributed by atoms with Gasteiger partial charge in [0.25, 0.3) is 0 Å². The summed E-state index contributed by atoms with van der Waals surface area (Å²) >= 11 is 0. The van der Waals surface area contributed by atoms with E-state index in [1.807, 2.05) is 0 Å². The largest absolute Gasteiger partial charge is 0.229 e. The molecule has 0 aromatic rings. The Labute approximate surface area is 46.0 Å². The molecule has 0 aliphatic heterocycles. The summed E-state index contributed by atoms with van der Waals surface area (Å²) in [5.41, 5.74) is 0. The maximum Gasteiger partial charge on any atom is 0.190 e. The van der Waals surface area contributed by atoms with Crippen molar-refractivity contribution < 1.29 is 17.1 Å². The zero-order chi connectivity index (χ0) is 4.12.